The third kappa shape index (κ3) is 5.35. The van der Waals surface area contributed by atoms with Crippen LogP contribution in [-0.4, -0.2) is 37.7 Å². The fraction of sp³-hybridized carbons (Fsp3) is 0.611. The lowest BCUT2D eigenvalue weighted by molar-refractivity contribution is 0.498. The summed E-state index contributed by atoms with van der Waals surface area (Å²) in [6.45, 7) is 11.5. The summed E-state index contributed by atoms with van der Waals surface area (Å²) in [5, 5.41) is 6.63. The van der Waals surface area contributed by atoms with Crippen LogP contribution >= 0.6 is 0 Å². The van der Waals surface area contributed by atoms with Crippen molar-refractivity contribution in [3.8, 4) is 0 Å². The average Bonchev–Trinajstić information content (AvgIpc) is 2.95. The minimum Gasteiger partial charge on any atom is -0.371 e. The first kappa shape index (κ1) is 18.5. The topological polar surface area (TPSA) is 39.7 Å². The van der Waals surface area contributed by atoms with Gasteiger partial charge < -0.3 is 15.5 Å². The second kappa shape index (κ2) is 7.81. The molecule has 24 heavy (non-hydrogen) atoms. The molecule has 2 N–H and O–H groups in total. The number of hydrogen-bond donors (Lipinski definition) is 2. The van der Waals surface area contributed by atoms with Crippen LogP contribution in [0.25, 0.3) is 0 Å². The van der Waals surface area contributed by atoms with Crippen LogP contribution in [0.3, 0.4) is 0 Å². The zero-order chi connectivity index (χ0) is 17.7. The molecule has 1 fully saturated rings. The van der Waals surface area contributed by atoms with Crippen molar-refractivity contribution in [2.75, 3.05) is 31.1 Å². The third-order valence-corrected chi connectivity index (χ3v) is 3.90. The molecule has 1 saturated heterocycles. The Morgan fingerprint density at radius 3 is 2.67 bits per heavy atom. The van der Waals surface area contributed by atoms with Crippen LogP contribution < -0.4 is 15.5 Å². The molecule has 0 saturated carbocycles. The summed E-state index contributed by atoms with van der Waals surface area (Å²) >= 11 is 0. The molecule has 1 heterocycles. The van der Waals surface area contributed by atoms with Gasteiger partial charge in [0.1, 0.15) is 0 Å². The lowest BCUT2D eigenvalue weighted by Gasteiger charge is -2.24. The van der Waals surface area contributed by atoms with E-state index in [-0.39, 0.29) is 5.54 Å². The highest BCUT2D eigenvalue weighted by atomic mass is 19.2. The molecular formula is C18H28F2N4. The van der Waals surface area contributed by atoms with Crippen molar-refractivity contribution in [2.45, 2.75) is 39.7 Å². The molecular weight excluding hydrogens is 310 g/mol. The van der Waals surface area contributed by atoms with Crippen LogP contribution in [0.5, 0.6) is 0 Å². The Bertz CT molecular complexity index is 581. The predicted molar refractivity (Wildman–Crippen MR) is 95.5 cm³/mol. The van der Waals surface area contributed by atoms with E-state index in [1.54, 1.807) is 6.07 Å². The van der Waals surface area contributed by atoms with Crippen LogP contribution in [0.1, 0.15) is 34.1 Å². The van der Waals surface area contributed by atoms with Gasteiger partial charge in [-0.2, -0.15) is 0 Å². The maximum absolute atomic E-state index is 13.4. The minimum absolute atomic E-state index is 0.0473. The second-order valence-electron chi connectivity index (χ2n) is 7.29. The molecule has 4 nitrogen and oxygen atoms in total. The van der Waals surface area contributed by atoms with E-state index in [0.717, 1.165) is 37.7 Å². The van der Waals surface area contributed by atoms with Crippen molar-refractivity contribution in [3.63, 3.8) is 0 Å². The second-order valence-corrected chi connectivity index (χ2v) is 7.29. The predicted octanol–water partition coefficient (Wildman–Crippen LogP) is 3.14. The summed E-state index contributed by atoms with van der Waals surface area (Å²) < 4.78 is 26.4. The van der Waals surface area contributed by atoms with Crippen molar-refractivity contribution in [3.05, 3.63) is 29.8 Å². The molecule has 2 rings (SSSR count). The number of rotatable bonds is 4. The number of guanidine groups is 1. The Kier molecular flexibility index (Phi) is 6.02. The van der Waals surface area contributed by atoms with Gasteiger partial charge in [-0.15, -0.1) is 0 Å². The van der Waals surface area contributed by atoms with Crippen molar-refractivity contribution in [1.82, 2.24) is 10.6 Å². The number of anilines is 1. The minimum atomic E-state index is -0.803. The van der Waals surface area contributed by atoms with Gasteiger partial charge in [-0.05, 0) is 52.2 Å². The van der Waals surface area contributed by atoms with Gasteiger partial charge in [0, 0.05) is 43.5 Å². The molecule has 1 aliphatic rings. The standard InChI is InChI=1S/C18H28F2N4/c1-5-21-17(23-18(2,3)4)22-11-13-8-9-24(12-13)14-6-7-15(19)16(20)10-14/h6-7,10,13H,5,8-9,11-12H2,1-4H3,(H2,21,22,23). The summed E-state index contributed by atoms with van der Waals surface area (Å²) in [5.41, 5.74) is 0.689. The van der Waals surface area contributed by atoms with Crippen LogP contribution in [0, 0.1) is 17.6 Å². The first-order valence-corrected chi connectivity index (χ1v) is 8.55. The Balaban J connectivity index is 1.94. The molecule has 1 atom stereocenters. The molecule has 0 aromatic heterocycles. The van der Waals surface area contributed by atoms with E-state index in [0.29, 0.717) is 12.5 Å². The summed E-state index contributed by atoms with van der Waals surface area (Å²) in [4.78, 5) is 6.76. The molecule has 1 unspecified atom stereocenters. The van der Waals surface area contributed by atoms with Crippen molar-refractivity contribution < 1.29 is 8.78 Å². The number of nitrogens with zero attached hydrogens (tertiary/aromatic N) is 2. The van der Waals surface area contributed by atoms with E-state index in [1.165, 1.54) is 12.1 Å². The number of nitrogens with one attached hydrogen (secondary N) is 2. The van der Waals surface area contributed by atoms with Crippen molar-refractivity contribution in [1.29, 1.82) is 0 Å². The number of halogens is 2. The molecule has 0 spiro atoms. The van der Waals surface area contributed by atoms with Gasteiger partial charge in [-0.25, -0.2) is 8.78 Å². The molecule has 134 valence electrons. The summed E-state index contributed by atoms with van der Waals surface area (Å²) in [7, 11) is 0. The first-order valence-electron chi connectivity index (χ1n) is 8.55. The zero-order valence-electron chi connectivity index (χ0n) is 15.0. The van der Waals surface area contributed by atoms with Gasteiger partial charge in [0.2, 0.25) is 0 Å². The van der Waals surface area contributed by atoms with E-state index >= 15 is 0 Å². The lowest BCUT2D eigenvalue weighted by atomic mass is 10.1. The molecule has 0 bridgehead atoms. The maximum Gasteiger partial charge on any atom is 0.191 e. The smallest absolute Gasteiger partial charge is 0.191 e. The van der Waals surface area contributed by atoms with Crippen LogP contribution in [0.4, 0.5) is 14.5 Å². The normalized spacial score (nSPS) is 18.8. The molecule has 0 amide bonds. The monoisotopic (exact) mass is 338 g/mol. The number of benzene rings is 1. The lowest BCUT2D eigenvalue weighted by Crippen LogP contribution is -2.47. The molecule has 0 radical (unpaired) electrons. The Labute approximate surface area is 143 Å². The molecule has 0 aliphatic carbocycles. The van der Waals surface area contributed by atoms with Crippen molar-refractivity contribution in [2.24, 2.45) is 10.9 Å². The Morgan fingerprint density at radius 1 is 1.29 bits per heavy atom. The third-order valence-electron chi connectivity index (χ3n) is 3.90. The molecule has 6 heteroatoms. The van der Waals surface area contributed by atoms with Crippen LogP contribution in [-0.2, 0) is 0 Å². The van der Waals surface area contributed by atoms with E-state index < -0.39 is 11.6 Å². The van der Waals surface area contributed by atoms with Gasteiger partial charge in [-0.1, -0.05) is 0 Å². The quantitative estimate of drug-likeness (QED) is 0.654. The van der Waals surface area contributed by atoms with Gasteiger partial charge in [0.05, 0.1) is 0 Å². The highest BCUT2D eigenvalue weighted by Gasteiger charge is 2.23. The maximum atomic E-state index is 13.4. The number of aliphatic imine (C=N–C) groups is 1. The first-order chi connectivity index (χ1) is 11.3. The Hall–Kier alpha value is -1.85. The van der Waals surface area contributed by atoms with Gasteiger partial charge in [0.15, 0.2) is 17.6 Å². The van der Waals surface area contributed by atoms with Crippen LogP contribution in [0.2, 0.25) is 0 Å². The van der Waals surface area contributed by atoms with E-state index in [9.17, 15) is 8.78 Å². The van der Waals surface area contributed by atoms with Crippen molar-refractivity contribution >= 4 is 11.6 Å². The number of hydrogen-bond acceptors (Lipinski definition) is 2. The molecule has 1 aromatic rings. The van der Waals surface area contributed by atoms with E-state index in [1.807, 2.05) is 6.92 Å². The van der Waals surface area contributed by atoms with Gasteiger partial charge in [-0.3, -0.25) is 4.99 Å². The van der Waals surface area contributed by atoms with E-state index in [2.05, 4.69) is 41.3 Å². The zero-order valence-corrected chi connectivity index (χ0v) is 15.0. The van der Waals surface area contributed by atoms with Gasteiger partial charge in [0.25, 0.3) is 0 Å². The van der Waals surface area contributed by atoms with Gasteiger partial charge >= 0.3 is 0 Å². The van der Waals surface area contributed by atoms with Crippen LogP contribution in [0.15, 0.2) is 23.2 Å². The summed E-state index contributed by atoms with van der Waals surface area (Å²) in [6, 6.07) is 4.09. The van der Waals surface area contributed by atoms with E-state index in [4.69, 9.17) is 0 Å². The highest BCUT2D eigenvalue weighted by molar-refractivity contribution is 5.80. The summed E-state index contributed by atoms with van der Waals surface area (Å²) in [6.07, 6.45) is 0.997. The fourth-order valence-electron chi connectivity index (χ4n) is 2.78. The largest absolute Gasteiger partial charge is 0.371 e. The SMILES string of the molecule is CCNC(=NCC1CCN(c2ccc(F)c(F)c2)C1)NC(C)(C)C. The molecule has 1 aromatic carbocycles. The molecule has 1 aliphatic heterocycles. The summed E-state index contributed by atoms with van der Waals surface area (Å²) in [5.74, 6) is -0.370. The average molecular weight is 338 g/mol. The Morgan fingerprint density at radius 2 is 2.04 bits per heavy atom. The highest BCUT2D eigenvalue weighted by Crippen LogP contribution is 2.25. The fourth-order valence-corrected chi connectivity index (χ4v) is 2.78.